The molecule has 0 saturated heterocycles. The molecule has 0 fully saturated rings. The zero-order chi connectivity index (χ0) is 8.72. The van der Waals surface area contributed by atoms with Gasteiger partial charge in [-0.15, -0.1) is 11.3 Å². The normalized spacial score (nSPS) is 10.9. The van der Waals surface area contributed by atoms with Gasteiger partial charge in [0.25, 0.3) is 0 Å². The second kappa shape index (κ2) is 3.14. The van der Waals surface area contributed by atoms with Gasteiger partial charge in [0.05, 0.1) is 19.7 Å². The number of hydrogen-bond acceptors (Lipinski definition) is 2. The van der Waals surface area contributed by atoms with Crippen LogP contribution in [0.15, 0.2) is 15.9 Å². The fourth-order valence-corrected chi connectivity index (χ4v) is 2.96. The minimum Gasteiger partial charge on any atom is -0.234 e. The molecule has 0 atom stereocenters. The molecule has 2 aromatic rings. The highest BCUT2D eigenvalue weighted by Gasteiger charge is 2.07. The second-order valence-corrected chi connectivity index (χ2v) is 4.72. The van der Waals surface area contributed by atoms with Crippen molar-refractivity contribution in [3.05, 3.63) is 26.1 Å². The molecule has 1 nitrogen and oxygen atoms in total. The molecule has 62 valence electrons. The lowest BCUT2D eigenvalue weighted by atomic mass is 10.4. The highest BCUT2D eigenvalue weighted by atomic mass is 79.9. The summed E-state index contributed by atoms with van der Waals surface area (Å²) in [5, 5.41) is 3.02. The van der Waals surface area contributed by atoms with E-state index >= 15 is 0 Å². The number of aromatic nitrogens is 1. The Hall–Kier alpha value is 0.170. The molecule has 2 rings (SSSR count). The molecule has 0 spiro atoms. The smallest absolute Gasteiger partial charge is 0.131 e. The van der Waals surface area contributed by atoms with Crippen molar-refractivity contribution in [2.75, 3.05) is 0 Å². The molecule has 0 saturated carbocycles. The summed E-state index contributed by atoms with van der Waals surface area (Å²) in [6, 6.07) is 1.65. The molecule has 2 heterocycles. The first kappa shape index (κ1) is 8.75. The Morgan fingerprint density at radius 1 is 1.42 bits per heavy atom. The van der Waals surface area contributed by atoms with E-state index in [0.717, 1.165) is 14.7 Å². The van der Waals surface area contributed by atoms with Gasteiger partial charge < -0.3 is 0 Å². The quantitative estimate of drug-likeness (QED) is 0.654. The van der Waals surface area contributed by atoms with Gasteiger partial charge in [0, 0.05) is 5.38 Å². The number of nitrogens with zero attached hydrogens (tertiary/aromatic N) is 1. The molecule has 12 heavy (non-hydrogen) atoms. The third-order valence-corrected chi connectivity index (χ3v) is 3.92. The van der Waals surface area contributed by atoms with E-state index in [9.17, 15) is 0 Å². The van der Waals surface area contributed by atoms with E-state index in [2.05, 4.69) is 20.9 Å². The Morgan fingerprint density at radius 2 is 2.17 bits per heavy atom. The Kier molecular flexibility index (Phi) is 2.29. The van der Waals surface area contributed by atoms with Crippen molar-refractivity contribution in [1.82, 2.24) is 4.98 Å². The second-order valence-electron chi connectivity index (χ2n) is 2.19. The molecule has 0 aliphatic carbocycles. The van der Waals surface area contributed by atoms with Crippen LogP contribution in [0.1, 0.15) is 0 Å². The highest BCUT2D eigenvalue weighted by Crippen LogP contribution is 2.34. The third-order valence-electron chi connectivity index (χ3n) is 1.40. The summed E-state index contributed by atoms with van der Waals surface area (Å²) in [5.41, 5.74) is 0.831. The molecule has 5 heteroatoms. The molecule has 0 N–H and O–H groups in total. The fraction of sp³-hybridized carbons (Fsp3) is 0. The lowest BCUT2D eigenvalue weighted by Gasteiger charge is -1.94. The van der Waals surface area contributed by atoms with Gasteiger partial charge in [-0.3, -0.25) is 0 Å². The average molecular weight is 283 g/mol. The summed E-state index contributed by atoms with van der Waals surface area (Å²) in [5.74, 6) is 0. The van der Waals surface area contributed by atoms with Gasteiger partial charge in [-0.2, -0.15) is 0 Å². The van der Waals surface area contributed by atoms with E-state index in [-0.39, 0.29) is 0 Å². The van der Waals surface area contributed by atoms with Gasteiger partial charge >= 0.3 is 0 Å². The lowest BCUT2D eigenvalue weighted by molar-refractivity contribution is 1.42. The largest absolute Gasteiger partial charge is 0.234 e. The minimum absolute atomic E-state index is 0.423. The van der Waals surface area contributed by atoms with Gasteiger partial charge in [-0.25, -0.2) is 4.98 Å². The predicted molar refractivity (Wildman–Crippen MR) is 57.3 cm³/mol. The van der Waals surface area contributed by atoms with Crippen LogP contribution in [0, 0.1) is 0 Å². The number of rotatable bonds is 0. The van der Waals surface area contributed by atoms with E-state index in [1.807, 2.05) is 5.38 Å². The van der Waals surface area contributed by atoms with Crippen molar-refractivity contribution < 1.29 is 0 Å². The highest BCUT2D eigenvalue weighted by molar-refractivity contribution is 9.10. The van der Waals surface area contributed by atoms with E-state index in [0.29, 0.717) is 10.2 Å². The predicted octanol–water partition coefficient (Wildman–Crippen LogP) is 4.37. The maximum atomic E-state index is 5.94. The van der Waals surface area contributed by atoms with E-state index in [1.54, 1.807) is 17.4 Å². The van der Waals surface area contributed by atoms with Crippen LogP contribution in [0.25, 0.3) is 10.2 Å². The molecule has 0 aliphatic rings. The number of pyridine rings is 1. The zero-order valence-corrected chi connectivity index (χ0v) is 9.56. The summed E-state index contributed by atoms with van der Waals surface area (Å²) < 4.78 is 1.90. The fourth-order valence-electron chi connectivity index (χ4n) is 0.914. The molecule has 0 radical (unpaired) electrons. The topological polar surface area (TPSA) is 12.9 Å². The van der Waals surface area contributed by atoms with E-state index in [1.165, 1.54) is 0 Å². The molecule has 0 bridgehead atoms. The summed E-state index contributed by atoms with van der Waals surface area (Å²) in [6.07, 6.45) is 0. The van der Waals surface area contributed by atoms with Crippen molar-refractivity contribution in [3.63, 3.8) is 0 Å². The van der Waals surface area contributed by atoms with Gasteiger partial charge in [-0.1, -0.05) is 23.2 Å². The van der Waals surface area contributed by atoms with Gasteiger partial charge in [0.2, 0.25) is 0 Å². The Bertz CT molecular complexity index is 440. The van der Waals surface area contributed by atoms with Crippen molar-refractivity contribution in [1.29, 1.82) is 0 Å². The number of fused-ring (bicyclic) bond motifs is 1. The van der Waals surface area contributed by atoms with Crippen LogP contribution < -0.4 is 0 Å². The van der Waals surface area contributed by atoms with Crippen LogP contribution in [0.2, 0.25) is 10.2 Å². The molecule has 0 unspecified atom stereocenters. The van der Waals surface area contributed by atoms with Gasteiger partial charge in [0.15, 0.2) is 0 Å². The van der Waals surface area contributed by atoms with Gasteiger partial charge in [-0.05, 0) is 22.0 Å². The summed E-state index contributed by atoms with van der Waals surface area (Å²) in [4.78, 5) is 4.14. The van der Waals surface area contributed by atoms with Crippen molar-refractivity contribution in [2.24, 2.45) is 0 Å². The van der Waals surface area contributed by atoms with E-state index in [4.69, 9.17) is 23.2 Å². The average Bonchev–Trinajstić information content (AvgIpc) is 2.33. The van der Waals surface area contributed by atoms with Crippen LogP contribution in [0.3, 0.4) is 0 Å². The van der Waals surface area contributed by atoms with Crippen molar-refractivity contribution in [2.45, 2.75) is 0 Å². The summed E-state index contributed by atoms with van der Waals surface area (Å²) in [7, 11) is 0. The van der Waals surface area contributed by atoms with Crippen LogP contribution in [-0.2, 0) is 0 Å². The molecule has 0 amide bonds. The first-order valence-corrected chi connectivity index (χ1v) is 5.50. The SMILES string of the molecule is Clc1cc(Cl)c2scc(Br)c2n1. The lowest BCUT2D eigenvalue weighted by Crippen LogP contribution is -1.76. The Balaban J connectivity index is 2.92. The maximum Gasteiger partial charge on any atom is 0.131 e. The summed E-state index contributed by atoms with van der Waals surface area (Å²) in [6.45, 7) is 0. The molecule has 0 aromatic carbocycles. The number of hydrogen-bond donors (Lipinski definition) is 0. The van der Waals surface area contributed by atoms with Crippen molar-refractivity contribution in [3.8, 4) is 0 Å². The summed E-state index contributed by atoms with van der Waals surface area (Å²) >= 11 is 16.6. The monoisotopic (exact) mass is 281 g/mol. The standard InChI is InChI=1S/C7H2BrCl2NS/c8-3-2-12-7-4(9)1-5(10)11-6(3)7/h1-2H. The zero-order valence-electron chi connectivity index (χ0n) is 5.64. The number of thiophene rings is 1. The molecular weight excluding hydrogens is 281 g/mol. The maximum absolute atomic E-state index is 5.94. The van der Waals surface area contributed by atoms with Gasteiger partial charge in [0.1, 0.15) is 5.15 Å². The molecule has 2 aromatic heterocycles. The Labute approximate surface area is 91.4 Å². The van der Waals surface area contributed by atoms with Crippen LogP contribution in [0.4, 0.5) is 0 Å². The molecule has 0 aliphatic heterocycles. The van der Waals surface area contributed by atoms with Crippen LogP contribution >= 0.6 is 50.5 Å². The first-order valence-electron chi connectivity index (χ1n) is 3.07. The minimum atomic E-state index is 0.423. The third kappa shape index (κ3) is 1.35. The van der Waals surface area contributed by atoms with Crippen LogP contribution in [0.5, 0.6) is 0 Å². The number of halogens is 3. The van der Waals surface area contributed by atoms with Crippen molar-refractivity contribution >= 4 is 60.7 Å². The Morgan fingerprint density at radius 3 is 2.92 bits per heavy atom. The van der Waals surface area contributed by atoms with E-state index < -0.39 is 0 Å². The molecular formula is C7H2BrCl2NS. The van der Waals surface area contributed by atoms with Crippen LogP contribution in [-0.4, -0.2) is 4.98 Å². The first-order chi connectivity index (χ1) is 5.68.